The number of benzene rings is 3. The normalized spacial score (nSPS) is 11.0. The van der Waals surface area contributed by atoms with Crippen molar-refractivity contribution >= 4 is 56.8 Å². The molecule has 1 amide bonds. The molecule has 0 aliphatic rings. The molecule has 3 aromatic carbocycles. The molecule has 0 aliphatic carbocycles. The summed E-state index contributed by atoms with van der Waals surface area (Å²) in [6, 6.07) is 20.0. The molecule has 3 aromatic rings. The topological polar surface area (TPSA) is 62.1 Å². The summed E-state index contributed by atoms with van der Waals surface area (Å²) in [5, 5.41) is 13.0. The van der Waals surface area contributed by atoms with Gasteiger partial charge in [0.15, 0.2) is 0 Å². The summed E-state index contributed by atoms with van der Waals surface area (Å²) in [4.78, 5) is 12.5. The van der Waals surface area contributed by atoms with Gasteiger partial charge in [0.2, 0.25) is 0 Å². The molecule has 0 aromatic heterocycles. The molecule has 0 radical (unpaired) electrons. The first-order chi connectivity index (χ1) is 14.9. The van der Waals surface area contributed by atoms with E-state index in [0.717, 1.165) is 15.6 Å². The van der Waals surface area contributed by atoms with Gasteiger partial charge in [-0.05, 0) is 66.1 Å². The van der Waals surface area contributed by atoms with Crippen LogP contribution in [0, 0.1) is 18.3 Å². The lowest BCUT2D eigenvalue weighted by Gasteiger charge is -2.10. The summed E-state index contributed by atoms with van der Waals surface area (Å²) >= 11 is 15.7. The van der Waals surface area contributed by atoms with Crippen LogP contribution in [0.3, 0.4) is 0 Å². The third kappa shape index (κ3) is 6.35. The maximum Gasteiger partial charge on any atom is 0.266 e. The summed E-state index contributed by atoms with van der Waals surface area (Å²) in [7, 11) is 0. The van der Waals surface area contributed by atoms with E-state index in [1.807, 2.05) is 37.3 Å². The minimum Gasteiger partial charge on any atom is -0.487 e. The molecule has 0 saturated carbocycles. The molecule has 4 nitrogen and oxygen atoms in total. The van der Waals surface area contributed by atoms with Crippen molar-refractivity contribution in [3.05, 3.63) is 97.4 Å². The monoisotopic (exact) mass is 514 g/mol. The van der Waals surface area contributed by atoms with E-state index in [1.165, 1.54) is 6.08 Å². The Bertz CT molecular complexity index is 1190. The van der Waals surface area contributed by atoms with E-state index >= 15 is 0 Å². The van der Waals surface area contributed by atoms with Crippen molar-refractivity contribution in [1.29, 1.82) is 5.26 Å². The number of carbonyl (C=O) groups is 1. The molecule has 7 heteroatoms. The fourth-order valence-corrected chi connectivity index (χ4v) is 3.38. The van der Waals surface area contributed by atoms with E-state index in [4.69, 9.17) is 27.9 Å². The number of halogens is 3. The SMILES string of the molecule is Cc1ccc(Cl)cc1NC(=O)/C(C#N)=C/c1ccc(OCc2ccc(Br)cc2)c(Cl)c1. The van der Waals surface area contributed by atoms with Gasteiger partial charge in [-0.1, -0.05) is 63.4 Å². The van der Waals surface area contributed by atoms with Crippen molar-refractivity contribution in [3.8, 4) is 11.8 Å². The van der Waals surface area contributed by atoms with Crippen LogP contribution in [0.2, 0.25) is 10.0 Å². The standard InChI is InChI=1S/C24H17BrCl2N2O2/c1-15-2-8-20(26)12-22(15)29-24(30)18(13-28)10-17-5-9-23(21(27)11-17)31-14-16-3-6-19(25)7-4-16/h2-12H,14H2,1H3,(H,29,30)/b18-10+. The quantitative estimate of drug-likeness (QED) is 0.279. The van der Waals surface area contributed by atoms with Gasteiger partial charge in [0.05, 0.1) is 5.02 Å². The molecular weight excluding hydrogens is 499 g/mol. The molecule has 0 fully saturated rings. The Morgan fingerprint density at radius 1 is 1.13 bits per heavy atom. The number of nitrogens with zero attached hydrogens (tertiary/aromatic N) is 1. The van der Waals surface area contributed by atoms with Crippen LogP contribution in [-0.4, -0.2) is 5.91 Å². The minimum atomic E-state index is -0.528. The van der Waals surface area contributed by atoms with Gasteiger partial charge in [-0.15, -0.1) is 0 Å². The summed E-state index contributed by atoms with van der Waals surface area (Å²) in [5.74, 6) is -0.0150. The highest BCUT2D eigenvalue weighted by molar-refractivity contribution is 9.10. The zero-order valence-corrected chi connectivity index (χ0v) is 19.6. The molecule has 0 aliphatic heterocycles. The van der Waals surface area contributed by atoms with Crippen LogP contribution in [0.1, 0.15) is 16.7 Å². The second-order valence-electron chi connectivity index (χ2n) is 6.69. The summed E-state index contributed by atoms with van der Waals surface area (Å²) < 4.78 is 6.77. The van der Waals surface area contributed by atoms with Crippen molar-refractivity contribution in [3.63, 3.8) is 0 Å². The lowest BCUT2D eigenvalue weighted by Crippen LogP contribution is -2.14. The zero-order chi connectivity index (χ0) is 22.4. The van der Waals surface area contributed by atoms with Crippen LogP contribution < -0.4 is 10.1 Å². The van der Waals surface area contributed by atoms with E-state index in [0.29, 0.717) is 33.7 Å². The first-order valence-corrected chi connectivity index (χ1v) is 10.8. The van der Waals surface area contributed by atoms with Crippen molar-refractivity contribution in [2.24, 2.45) is 0 Å². The number of hydrogen-bond acceptors (Lipinski definition) is 3. The molecule has 0 bridgehead atoms. The average Bonchev–Trinajstić information content (AvgIpc) is 2.75. The average molecular weight is 516 g/mol. The fraction of sp³-hybridized carbons (Fsp3) is 0.0833. The predicted octanol–water partition coefficient (Wildman–Crippen LogP) is 7.19. The van der Waals surface area contributed by atoms with Gasteiger partial charge in [0.25, 0.3) is 5.91 Å². The van der Waals surface area contributed by atoms with E-state index < -0.39 is 5.91 Å². The van der Waals surface area contributed by atoms with E-state index in [1.54, 1.807) is 36.4 Å². The van der Waals surface area contributed by atoms with Gasteiger partial charge in [0, 0.05) is 15.2 Å². The van der Waals surface area contributed by atoms with Crippen LogP contribution in [-0.2, 0) is 11.4 Å². The van der Waals surface area contributed by atoms with Crippen molar-refractivity contribution < 1.29 is 9.53 Å². The van der Waals surface area contributed by atoms with Crippen molar-refractivity contribution in [2.75, 3.05) is 5.32 Å². The number of ether oxygens (including phenoxy) is 1. The highest BCUT2D eigenvalue weighted by Gasteiger charge is 2.12. The molecule has 1 N–H and O–H groups in total. The molecule has 156 valence electrons. The highest BCUT2D eigenvalue weighted by Crippen LogP contribution is 2.28. The highest BCUT2D eigenvalue weighted by atomic mass is 79.9. The van der Waals surface area contributed by atoms with Crippen molar-refractivity contribution in [1.82, 2.24) is 0 Å². The Morgan fingerprint density at radius 3 is 2.55 bits per heavy atom. The fourth-order valence-electron chi connectivity index (χ4n) is 2.70. The van der Waals surface area contributed by atoms with Gasteiger partial charge in [-0.25, -0.2) is 0 Å². The Labute approximate surface area is 199 Å². The molecule has 0 atom stereocenters. The van der Waals surface area contributed by atoms with E-state index in [9.17, 15) is 10.1 Å². The number of hydrogen-bond donors (Lipinski definition) is 1. The van der Waals surface area contributed by atoms with Crippen LogP contribution in [0.25, 0.3) is 6.08 Å². The first-order valence-electron chi connectivity index (χ1n) is 9.22. The Kier molecular flexibility index (Phi) is 7.75. The van der Waals surface area contributed by atoms with Crippen LogP contribution >= 0.6 is 39.1 Å². The number of amides is 1. The van der Waals surface area contributed by atoms with Crippen LogP contribution in [0.5, 0.6) is 5.75 Å². The second kappa shape index (κ2) is 10.5. The predicted molar refractivity (Wildman–Crippen MR) is 128 cm³/mol. The smallest absolute Gasteiger partial charge is 0.266 e. The van der Waals surface area contributed by atoms with Gasteiger partial charge < -0.3 is 10.1 Å². The summed E-state index contributed by atoms with van der Waals surface area (Å²) in [6.45, 7) is 2.21. The maximum absolute atomic E-state index is 12.5. The lowest BCUT2D eigenvalue weighted by atomic mass is 10.1. The molecule has 0 heterocycles. The molecule has 0 unspecified atom stereocenters. The van der Waals surface area contributed by atoms with Gasteiger partial charge in [-0.3, -0.25) is 4.79 Å². The first kappa shape index (κ1) is 22.9. The molecule has 0 spiro atoms. The van der Waals surface area contributed by atoms with Gasteiger partial charge >= 0.3 is 0 Å². The zero-order valence-electron chi connectivity index (χ0n) is 16.5. The Hall–Kier alpha value is -2.78. The minimum absolute atomic E-state index is 0.0565. The summed E-state index contributed by atoms with van der Waals surface area (Å²) in [6.07, 6.45) is 1.47. The lowest BCUT2D eigenvalue weighted by molar-refractivity contribution is -0.112. The third-order valence-corrected chi connectivity index (χ3v) is 5.45. The Balaban J connectivity index is 1.72. The number of aryl methyl sites for hydroxylation is 1. The van der Waals surface area contributed by atoms with Gasteiger partial charge in [0.1, 0.15) is 24.0 Å². The number of nitrogens with one attached hydrogen (secondary N) is 1. The molecular formula is C24H17BrCl2N2O2. The molecule has 31 heavy (non-hydrogen) atoms. The molecule has 3 rings (SSSR count). The van der Waals surface area contributed by atoms with Crippen molar-refractivity contribution in [2.45, 2.75) is 13.5 Å². The van der Waals surface area contributed by atoms with E-state index in [-0.39, 0.29) is 5.57 Å². The third-order valence-electron chi connectivity index (χ3n) is 4.39. The van der Waals surface area contributed by atoms with Crippen LogP contribution in [0.15, 0.2) is 70.7 Å². The maximum atomic E-state index is 12.5. The van der Waals surface area contributed by atoms with E-state index in [2.05, 4.69) is 21.2 Å². The number of rotatable bonds is 6. The second-order valence-corrected chi connectivity index (χ2v) is 8.45. The number of carbonyl (C=O) groups excluding carboxylic acids is 1. The Morgan fingerprint density at radius 2 is 1.87 bits per heavy atom. The van der Waals surface area contributed by atoms with Crippen LogP contribution in [0.4, 0.5) is 5.69 Å². The van der Waals surface area contributed by atoms with Gasteiger partial charge in [-0.2, -0.15) is 5.26 Å². The largest absolute Gasteiger partial charge is 0.487 e. The number of anilines is 1. The molecule has 0 saturated heterocycles. The summed E-state index contributed by atoms with van der Waals surface area (Å²) in [5.41, 5.74) is 2.94. The number of nitriles is 1.